The zero-order valence-electron chi connectivity index (χ0n) is 13.4. The second kappa shape index (κ2) is 6.68. The van der Waals surface area contributed by atoms with Crippen LogP contribution in [-0.4, -0.2) is 38.6 Å². The topological polar surface area (TPSA) is 67.9 Å². The van der Waals surface area contributed by atoms with Crippen molar-refractivity contribution in [3.63, 3.8) is 0 Å². The number of carbonyl (C=O) groups is 2. The fourth-order valence-electron chi connectivity index (χ4n) is 2.53. The Balaban J connectivity index is 2.16. The molecule has 0 radical (unpaired) electrons. The monoisotopic (exact) mass is 306 g/mol. The number of methoxy groups -OCH3 is 2. The molecule has 1 fully saturated rings. The third-order valence-electron chi connectivity index (χ3n) is 3.61. The minimum Gasteiger partial charge on any atom is -0.493 e. The van der Waals surface area contributed by atoms with Gasteiger partial charge in [-0.1, -0.05) is 0 Å². The third-order valence-corrected chi connectivity index (χ3v) is 3.61. The van der Waals surface area contributed by atoms with Gasteiger partial charge in [0.2, 0.25) is 11.8 Å². The van der Waals surface area contributed by atoms with Crippen molar-refractivity contribution in [1.82, 2.24) is 5.32 Å². The van der Waals surface area contributed by atoms with E-state index in [2.05, 4.69) is 5.32 Å². The van der Waals surface area contributed by atoms with Gasteiger partial charge in [0.1, 0.15) is 0 Å². The van der Waals surface area contributed by atoms with Crippen molar-refractivity contribution in [3.05, 3.63) is 18.2 Å². The van der Waals surface area contributed by atoms with Gasteiger partial charge in [-0.3, -0.25) is 9.59 Å². The van der Waals surface area contributed by atoms with Crippen LogP contribution in [0.3, 0.4) is 0 Å². The summed E-state index contributed by atoms with van der Waals surface area (Å²) in [6.45, 7) is 4.19. The molecule has 1 N–H and O–H groups in total. The zero-order chi connectivity index (χ0) is 16.3. The SMILES string of the molecule is COc1ccc(N2C[C@@H](C(=O)NC(C)C)CC2=O)cc1OC. The maximum Gasteiger partial charge on any atom is 0.227 e. The number of nitrogens with zero attached hydrogens (tertiary/aromatic N) is 1. The molecule has 1 aromatic rings. The van der Waals surface area contributed by atoms with E-state index in [0.717, 1.165) is 0 Å². The van der Waals surface area contributed by atoms with Gasteiger partial charge in [-0.15, -0.1) is 0 Å². The van der Waals surface area contributed by atoms with Gasteiger partial charge in [0.25, 0.3) is 0 Å². The molecular weight excluding hydrogens is 284 g/mol. The fraction of sp³-hybridized carbons (Fsp3) is 0.500. The lowest BCUT2D eigenvalue weighted by molar-refractivity contribution is -0.126. The number of benzene rings is 1. The van der Waals surface area contributed by atoms with Crippen LogP contribution in [-0.2, 0) is 9.59 Å². The summed E-state index contributed by atoms with van der Waals surface area (Å²) in [4.78, 5) is 25.9. The molecule has 0 bridgehead atoms. The van der Waals surface area contributed by atoms with E-state index in [0.29, 0.717) is 23.7 Å². The number of hydrogen-bond donors (Lipinski definition) is 1. The maximum atomic E-state index is 12.2. The van der Waals surface area contributed by atoms with Crippen LogP contribution in [0.25, 0.3) is 0 Å². The van der Waals surface area contributed by atoms with Crippen LogP contribution in [0.1, 0.15) is 20.3 Å². The molecule has 1 aromatic carbocycles. The van der Waals surface area contributed by atoms with Gasteiger partial charge in [0.05, 0.1) is 20.1 Å². The van der Waals surface area contributed by atoms with E-state index in [1.165, 1.54) is 0 Å². The molecular formula is C16H22N2O4. The summed E-state index contributed by atoms with van der Waals surface area (Å²) in [7, 11) is 3.11. The Bertz CT molecular complexity index is 571. The molecule has 1 aliphatic heterocycles. The molecule has 2 amide bonds. The van der Waals surface area contributed by atoms with Crippen LogP contribution in [0.5, 0.6) is 11.5 Å². The molecule has 0 unspecified atom stereocenters. The van der Waals surface area contributed by atoms with Gasteiger partial charge >= 0.3 is 0 Å². The first-order valence-corrected chi connectivity index (χ1v) is 7.29. The number of hydrogen-bond acceptors (Lipinski definition) is 4. The quantitative estimate of drug-likeness (QED) is 0.897. The summed E-state index contributed by atoms with van der Waals surface area (Å²) in [6, 6.07) is 5.36. The molecule has 0 saturated carbocycles. The largest absolute Gasteiger partial charge is 0.493 e. The van der Waals surface area contributed by atoms with Gasteiger partial charge in [-0.25, -0.2) is 0 Å². The lowest BCUT2D eigenvalue weighted by atomic mass is 10.1. The summed E-state index contributed by atoms with van der Waals surface area (Å²) >= 11 is 0. The van der Waals surface area contributed by atoms with Gasteiger partial charge in [-0.05, 0) is 26.0 Å². The van der Waals surface area contributed by atoms with Crippen molar-refractivity contribution in [3.8, 4) is 11.5 Å². The summed E-state index contributed by atoms with van der Waals surface area (Å²) < 4.78 is 10.4. The molecule has 2 rings (SSSR count). The smallest absolute Gasteiger partial charge is 0.227 e. The van der Waals surface area contributed by atoms with E-state index in [1.54, 1.807) is 37.3 Å². The molecule has 1 heterocycles. The molecule has 1 saturated heterocycles. The number of rotatable bonds is 5. The van der Waals surface area contributed by atoms with Crippen molar-refractivity contribution in [1.29, 1.82) is 0 Å². The van der Waals surface area contributed by atoms with Crippen LogP contribution in [0.4, 0.5) is 5.69 Å². The van der Waals surface area contributed by atoms with E-state index in [1.807, 2.05) is 13.8 Å². The lowest BCUT2D eigenvalue weighted by Gasteiger charge is -2.19. The molecule has 1 aliphatic rings. The first-order chi connectivity index (χ1) is 10.5. The number of ether oxygens (including phenoxy) is 2. The van der Waals surface area contributed by atoms with Crippen LogP contribution in [0.2, 0.25) is 0 Å². The highest BCUT2D eigenvalue weighted by molar-refractivity contribution is 6.00. The van der Waals surface area contributed by atoms with E-state index >= 15 is 0 Å². The fourth-order valence-corrected chi connectivity index (χ4v) is 2.53. The highest BCUT2D eigenvalue weighted by Crippen LogP contribution is 2.34. The minimum atomic E-state index is -0.317. The van der Waals surface area contributed by atoms with Gasteiger partial charge in [0, 0.05) is 30.8 Å². The third kappa shape index (κ3) is 3.32. The van der Waals surface area contributed by atoms with Crippen LogP contribution in [0, 0.1) is 5.92 Å². The predicted molar refractivity (Wildman–Crippen MR) is 83.3 cm³/mol. The molecule has 6 heteroatoms. The Morgan fingerprint density at radius 1 is 1.27 bits per heavy atom. The molecule has 120 valence electrons. The average molecular weight is 306 g/mol. The van der Waals surface area contributed by atoms with Crippen LogP contribution >= 0.6 is 0 Å². The standard InChI is InChI=1S/C16H22N2O4/c1-10(2)17-16(20)11-7-15(19)18(9-11)12-5-6-13(21-3)14(8-12)22-4/h5-6,8,10-11H,7,9H2,1-4H3,(H,17,20)/t11-/m0/s1. The number of amides is 2. The Morgan fingerprint density at radius 2 is 1.95 bits per heavy atom. The second-order valence-corrected chi connectivity index (χ2v) is 5.61. The first kappa shape index (κ1) is 16.1. The van der Waals surface area contributed by atoms with Crippen molar-refractivity contribution in [2.45, 2.75) is 26.3 Å². The Kier molecular flexibility index (Phi) is 4.90. The molecule has 1 atom stereocenters. The van der Waals surface area contributed by atoms with Crippen molar-refractivity contribution >= 4 is 17.5 Å². The molecule has 0 aromatic heterocycles. The van der Waals surface area contributed by atoms with Gasteiger partial charge in [0.15, 0.2) is 11.5 Å². The van der Waals surface area contributed by atoms with E-state index < -0.39 is 0 Å². The van der Waals surface area contributed by atoms with E-state index in [9.17, 15) is 9.59 Å². The van der Waals surface area contributed by atoms with Gasteiger partial charge < -0.3 is 19.7 Å². The second-order valence-electron chi connectivity index (χ2n) is 5.61. The predicted octanol–water partition coefficient (Wildman–Crippen LogP) is 1.58. The molecule has 0 spiro atoms. The van der Waals surface area contributed by atoms with Crippen LogP contribution in [0.15, 0.2) is 18.2 Å². The summed E-state index contributed by atoms with van der Waals surface area (Å²) in [5.74, 6) is 0.709. The molecule has 22 heavy (non-hydrogen) atoms. The van der Waals surface area contributed by atoms with Crippen molar-refractivity contribution in [2.24, 2.45) is 5.92 Å². The lowest BCUT2D eigenvalue weighted by Crippen LogP contribution is -2.36. The minimum absolute atomic E-state index is 0.0591. The van der Waals surface area contributed by atoms with Crippen molar-refractivity contribution in [2.75, 3.05) is 25.7 Å². The summed E-state index contributed by atoms with van der Waals surface area (Å²) in [5.41, 5.74) is 0.711. The van der Waals surface area contributed by atoms with Gasteiger partial charge in [-0.2, -0.15) is 0 Å². The number of nitrogens with one attached hydrogen (secondary N) is 1. The maximum absolute atomic E-state index is 12.2. The van der Waals surface area contributed by atoms with E-state index in [4.69, 9.17) is 9.47 Å². The molecule has 0 aliphatic carbocycles. The first-order valence-electron chi connectivity index (χ1n) is 7.29. The summed E-state index contributed by atoms with van der Waals surface area (Å²) in [5, 5.41) is 2.86. The summed E-state index contributed by atoms with van der Waals surface area (Å²) in [6.07, 6.45) is 0.229. The van der Waals surface area contributed by atoms with Crippen molar-refractivity contribution < 1.29 is 19.1 Å². The Labute approximate surface area is 130 Å². The Hall–Kier alpha value is -2.24. The number of carbonyl (C=O) groups excluding carboxylic acids is 2. The zero-order valence-corrected chi connectivity index (χ0v) is 13.4. The Morgan fingerprint density at radius 3 is 2.55 bits per heavy atom. The highest BCUT2D eigenvalue weighted by Gasteiger charge is 2.35. The van der Waals surface area contributed by atoms with E-state index in [-0.39, 0.29) is 30.2 Å². The highest BCUT2D eigenvalue weighted by atomic mass is 16.5. The number of anilines is 1. The van der Waals surface area contributed by atoms with Crippen LogP contribution < -0.4 is 19.7 Å². The average Bonchev–Trinajstić information content (AvgIpc) is 2.88. The molecule has 6 nitrogen and oxygen atoms in total. The normalized spacial score (nSPS) is 17.8.